The van der Waals surface area contributed by atoms with Crippen LogP contribution in [0.15, 0.2) is 84.9 Å². The van der Waals surface area contributed by atoms with E-state index >= 15 is 4.79 Å². The normalized spacial score (nSPS) is 35.2. The maximum absolute atomic E-state index is 15.5. The molecule has 0 spiro atoms. The van der Waals surface area contributed by atoms with Gasteiger partial charge in [0.25, 0.3) is 0 Å². The van der Waals surface area contributed by atoms with E-state index in [0.29, 0.717) is 29.5 Å². The number of carbonyl (C=O) groups excluding carboxylic acids is 1. The van der Waals surface area contributed by atoms with Crippen molar-refractivity contribution in [2.45, 2.75) is 63.2 Å². The minimum absolute atomic E-state index is 0.192. The third-order valence-corrected chi connectivity index (χ3v) is 16.5. The van der Waals surface area contributed by atoms with E-state index in [1.807, 2.05) is 22.7 Å². The Morgan fingerprint density at radius 2 is 0.913 bits per heavy atom. The van der Waals surface area contributed by atoms with Crippen LogP contribution in [0.3, 0.4) is 0 Å². The molecule has 0 saturated heterocycles. The summed E-state index contributed by atoms with van der Waals surface area (Å²) in [5.41, 5.74) is 2.97. The number of ketones is 1. The minimum atomic E-state index is 0.192. The van der Waals surface area contributed by atoms with E-state index in [1.54, 1.807) is 0 Å². The smallest absolute Gasteiger partial charge is 0.140 e. The van der Waals surface area contributed by atoms with Gasteiger partial charge < -0.3 is 0 Å². The Morgan fingerprint density at radius 3 is 1.41 bits per heavy atom. The number of hydrogen-bond acceptors (Lipinski definition) is 3. The first-order chi connectivity index (χ1) is 22.8. The molecule has 3 heteroatoms. The Hall–Kier alpha value is -3.01. The monoisotopic (exact) mass is 636 g/mol. The van der Waals surface area contributed by atoms with Gasteiger partial charge in [-0.25, -0.2) is 0 Å². The second-order valence-corrected chi connectivity index (χ2v) is 17.7. The molecule has 11 rings (SSSR count). The average molecular weight is 637 g/mol. The Kier molecular flexibility index (Phi) is 5.87. The van der Waals surface area contributed by atoms with Crippen LogP contribution in [0.25, 0.3) is 40.3 Å². The summed E-state index contributed by atoms with van der Waals surface area (Å²) in [6.45, 7) is 0. The first-order valence-corrected chi connectivity index (χ1v) is 19.7. The van der Waals surface area contributed by atoms with Crippen LogP contribution in [0.4, 0.5) is 0 Å². The van der Waals surface area contributed by atoms with E-state index in [0.717, 1.165) is 23.7 Å². The molecule has 0 aliphatic heterocycles. The molecule has 0 N–H and O–H groups in total. The van der Waals surface area contributed by atoms with Gasteiger partial charge in [-0.2, -0.15) is 0 Å². The number of rotatable bonds is 2. The van der Waals surface area contributed by atoms with Crippen molar-refractivity contribution in [2.24, 2.45) is 47.3 Å². The first-order valence-electron chi connectivity index (χ1n) is 18.1. The van der Waals surface area contributed by atoms with Crippen molar-refractivity contribution in [1.29, 1.82) is 0 Å². The topological polar surface area (TPSA) is 17.1 Å². The molecule has 1 nitrogen and oxygen atoms in total. The van der Waals surface area contributed by atoms with Gasteiger partial charge in [-0.1, -0.05) is 85.6 Å². The highest BCUT2D eigenvalue weighted by Crippen LogP contribution is 2.70. The predicted molar refractivity (Wildman–Crippen MR) is 194 cm³/mol. The van der Waals surface area contributed by atoms with E-state index in [4.69, 9.17) is 0 Å². The summed E-state index contributed by atoms with van der Waals surface area (Å²) < 4.78 is 5.65. The zero-order chi connectivity index (χ0) is 30.1. The largest absolute Gasteiger partial charge is 0.299 e. The molecule has 10 unspecified atom stereocenters. The van der Waals surface area contributed by atoms with E-state index in [1.165, 1.54) is 103 Å². The molecular formula is C43H40OS2. The fraction of sp³-hybridized carbons (Fsp3) is 0.419. The zero-order valence-corrected chi connectivity index (χ0v) is 27.9. The molecular weight excluding hydrogens is 597 g/mol. The minimum Gasteiger partial charge on any atom is -0.299 e. The Labute approximate surface area is 279 Å². The van der Waals surface area contributed by atoms with Crippen LogP contribution in [0.5, 0.6) is 0 Å². The molecule has 2 heterocycles. The lowest BCUT2D eigenvalue weighted by Crippen LogP contribution is -2.52. The molecule has 2 aromatic heterocycles. The van der Waals surface area contributed by atoms with Gasteiger partial charge in [0.05, 0.1) is 0 Å². The average Bonchev–Trinajstić information content (AvgIpc) is 3.78. The Morgan fingerprint density at radius 1 is 0.457 bits per heavy atom. The van der Waals surface area contributed by atoms with Crippen molar-refractivity contribution in [1.82, 2.24) is 0 Å². The van der Waals surface area contributed by atoms with Crippen LogP contribution in [0.2, 0.25) is 0 Å². The fourth-order valence-corrected chi connectivity index (χ4v) is 15.2. The third kappa shape index (κ3) is 3.54. The lowest BCUT2D eigenvalue weighted by Gasteiger charge is -2.58. The van der Waals surface area contributed by atoms with Gasteiger partial charge in [0, 0.05) is 52.2 Å². The molecule has 46 heavy (non-hydrogen) atoms. The third-order valence-electron chi connectivity index (χ3n) is 14.1. The van der Waals surface area contributed by atoms with Gasteiger partial charge in [0.15, 0.2) is 0 Å². The summed E-state index contributed by atoms with van der Waals surface area (Å²) in [6, 6.07) is 31.9. The summed E-state index contributed by atoms with van der Waals surface area (Å²) in [5, 5.41) is 5.55. The molecule has 0 radical (unpaired) electrons. The van der Waals surface area contributed by atoms with E-state index in [9.17, 15) is 0 Å². The number of benzene rings is 4. The van der Waals surface area contributed by atoms with Crippen molar-refractivity contribution in [3.05, 3.63) is 96.1 Å². The highest BCUT2D eigenvalue weighted by atomic mass is 32.1. The maximum Gasteiger partial charge on any atom is 0.140 e. The van der Waals surface area contributed by atoms with Crippen molar-refractivity contribution in [3.8, 4) is 0 Å². The second-order valence-electron chi connectivity index (χ2n) is 15.6. The number of Topliss-reactive ketones (excluding diaryl/α,β-unsaturated/α-hetero) is 1. The van der Waals surface area contributed by atoms with E-state index < -0.39 is 0 Å². The second kappa shape index (κ2) is 10.0. The van der Waals surface area contributed by atoms with Crippen molar-refractivity contribution >= 4 is 68.8 Å². The van der Waals surface area contributed by atoms with Crippen LogP contribution in [-0.2, 0) is 4.79 Å². The number of fused-ring (bicyclic) bond motifs is 9. The highest BCUT2D eigenvalue weighted by molar-refractivity contribution is 7.26. The molecule has 6 aromatic rings. The number of thiophene rings is 2. The molecule has 0 amide bonds. The molecule has 5 aliphatic carbocycles. The van der Waals surface area contributed by atoms with Crippen LogP contribution < -0.4 is 0 Å². The van der Waals surface area contributed by atoms with Crippen LogP contribution in [0.1, 0.15) is 74.3 Å². The predicted octanol–water partition coefficient (Wildman–Crippen LogP) is 12.0. The van der Waals surface area contributed by atoms with Gasteiger partial charge in [-0.3, -0.25) is 4.79 Å². The fourth-order valence-electron chi connectivity index (χ4n) is 12.7. The van der Waals surface area contributed by atoms with Gasteiger partial charge in [0.2, 0.25) is 0 Å². The molecule has 230 valence electrons. The summed E-state index contributed by atoms with van der Waals surface area (Å²) in [6.07, 6.45) is 10.7. The SMILES string of the molecule is O=C1C2C(c3cccc4c3sc3ccccc34)CCC3C4CCCCC4C4CCC(c5cccc6c5sc5ccccc56)C1C4C32. The molecule has 5 fully saturated rings. The van der Waals surface area contributed by atoms with E-state index in [-0.39, 0.29) is 11.8 Å². The molecule has 10 atom stereocenters. The van der Waals surface area contributed by atoms with Crippen LogP contribution in [0, 0.1) is 47.3 Å². The summed E-state index contributed by atoms with van der Waals surface area (Å²) in [5.74, 6) is 6.14. The summed E-state index contributed by atoms with van der Waals surface area (Å²) >= 11 is 3.93. The molecule has 4 aromatic carbocycles. The Bertz CT molecular complexity index is 2030. The number of carbonyl (C=O) groups is 1. The molecule has 5 saturated carbocycles. The van der Waals surface area contributed by atoms with Crippen molar-refractivity contribution < 1.29 is 4.79 Å². The van der Waals surface area contributed by atoms with E-state index in [2.05, 4.69) is 84.9 Å². The van der Waals surface area contributed by atoms with Crippen LogP contribution >= 0.6 is 22.7 Å². The van der Waals surface area contributed by atoms with Crippen molar-refractivity contribution in [2.75, 3.05) is 0 Å². The standard InChI is InChI=1S/C43H40OS2/c44-41-39-29(33-15-7-13-31-25-11-3-5-17-35(25)45-42(31)33)21-19-27-23-9-1-2-10-24(23)28-20-22-30(40(41)38(28)37(27)39)34-16-8-14-32-26-12-4-6-18-36(26)46-43(32)34/h3-8,11-18,23-24,27-30,37-40H,1-2,9-10,19-22H2. The molecule has 0 bridgehead atoms. The first kappa shape index (κ1) is 27.0. The van der Waals surface area contributed by atoms with Gasteiger partial charge >= 0.3 is 0 Å². The maximum atomic E-state index is 15.5. The highest BCUT2D eigenvalue weighted by Gasteiger charge is 2.66. The lowest BCUT2D eigenvalue weighted by molar-refractivity contribution is -0.127. The van der Waals surface area contributed by atoms with Gasteiger partial charge in [-0.15, -0.1) is 22.7 Å². The zero-order valence-electron chi connectivity index (χ0n) is 26.2. The van der Waals surface area contributed by atoms with Crippen LogP contribution in [-0.4, -0.2) is 5.78 Å². The Balaban J connectivity index is 1.08. The van der Waals surface area contributed by atoms with Crippen molar-refractivity contribution in [3.63, 3.8) is 0 Å². The number of hydrogen-bond donors (Lipinski definition) is 0. The van der Waals surface area contributed by atoms with Gasteiger partial charge in [-0.05, 0) is 109 Å². The summed E-state index contributed by atoms with van der Waals surface area (Å²) in [7, 11) is 0. The lowest BCUT2D eigenvalue weighted by atomic mass is 9.46. The molecule has 5 aliphatic rings. The quantitative estimate of drug-likeness (QED) is 0.185. The van der Waals surface area contributed by atoms with Gasteiger partial charge in [0.1, 0.15) is 5.78 Å². The summed E-state index contributed by atoms with van der Waals surface area (Å²) in [4.78, 5) is 15.5.